The van der Waals surface area contributed by atoms with Gasteiger partial charge in [0.05, 0.1) is 6.61 Å². The van der Waals surface area contributed by atoms with Crippen molar-refractivity contribution in [1.29, 1.82) is 0 Å². The van der Waals surface area contributed by atoms with E-state index in [1.807, 2.05) is 25.1 Å². The van der Waals surface area contributed by atoms with Gasteiger partial charge in [-0.05, 0) is 50.7 Å². The molecule has 212 valence electrons. The summed E-state index contributed by atoms with van der Waals surface area (Å²) in [4.78, 5) is 22.4. The van der Waals surface area contributed by atoms with Crippen molar-refractivity contribution >= 4 is 11.9 Å². The van der Waals surface area contributed by atoms with Gasteiger partial charge in [0.2, 0.25) is 0 Å². The van der Waals surface area contributed by atoms with Gasteiger partial charge in [0.1, 0.15) is 18.5 Å². The lowest BCUT2D eigenvalue weighted by molar-refractivity contribution is -0.147. The van der Waals surface area contributed by atoms with Gasteiger partial charge in [-0.2, -0.15) is 0 Å². The number of carbonyl (C=O) groups is 2. The van der Waals surface area contributed by atoms with Crippen molar-refractivity contribution in [2.75, 3.05) is 13.2 Å². The number of aliphatic hydroxyl groups excluding tert-OH is 2. The normalized spacial score (nSPS) is 11.6. The van der Waals surface area contributed by atoms with Crippen molar-refractivity contribution in [2.45, 2.75) is 123 Å². The lowest BCUT2D eigenvalue weighted by atomic mass is 10.1. The van der Waals surface area contributed by atoms with Crippen LogP contribution in [0.5, 0.6) is 5.75 Å². The van der Waals surface area contributed by atoms with Crippen molar-refractivity contribution in [3.05, 3.63) is 42.5 Å². The summed E-state index contributed by atoms with van der Waals surface area (Å²) in [6, 6.07) is 9.11. The molecule has 0 aliphatic rings. The van der Waals surface area contributed by atoms with E-state index in [1.54, 1.807) is 12.1 Å². The molecule has 1 atom stereocenters. The quantitative estimate of drug-likeness (QED) is 0.0764. The van der Waals surface area contributed by atoms with Crippen molar-refractivity contribution in [2.24, 2.45) is 0 Å². The number of hydrogen-bond donors (Lipinski definition) is 2. The molecule has 37 heavy (non-hydrogen) atoms. The molecule has 0 aliphatic heterocycles. The molecule has 1 aromatic carbocycles. The molecule has 6 heteroatoms. The summed E-state index contributed by atoms with van der Waals surface area (Å²) in [7, 11) is 0. The Morgan fingerprint density at radius 1 is 0.757 bits per heavy atom. The fraction of sp³-hybridized carbons (Fsp3) is 0.677. The van der Waals surface area contributed by atoms with Gasteiger partial charge >= 0.3 is 11.9 Å². The fourth-order valence-corrected chi connectivity index (χ4v) is 3.53. The molecule has 0 spiro atoms. The molecular weight excluding hydrogens is 468 g/mol. The minimum Gasteiger partial charge on any atom is -0.463 e. The Bertz CT molecular complexity index is 674. The highest BCUT2D eigenvalue weighted by atomic mass is 16.5. The van der Waals surface area contributed by atoms with Gasteiger partial charge in [-0.25, -0.2) is 0 Å². The average molecular weight is 521 g/mol. The molecule has 0 fully saturated rings. The molecule has 6 nitrogen and oxygen atoms in total. The molecule has 0 bridgehead atoms. The summed E-state index contributed by atoms with van der Waals surface area (Å²) < 4.78 is 9.87. The van der Waals surface area contributed by atoms with Crippen LogP contribution in [0.15, 0.2) is 42.5 Å². The molecule has 0 saturated carbocycles. The number of para-hydroxylation sites is 1. The first kappa shape index (κ1) is 34.8. The molecule has 0 aromatic heterocycles. The second kappa shape index (κ2) is 26.9. The fourth-order valence-electron chi connectivity index (χ4n) is 3.53. The smallest absolute Gasteiger partial charge is 0.311 e. The van der Waals surface area contributed by atoms with Crippen LogP contribution < -0.4 is 4.74 Å². The van der Waals surface area contributed by atoms with E-state index in [4.69, 9.17) is 19.7 Å². The number of unbranched alkanes of at least 4 members (excludes halogenated alkanes) is 11. The lowest BCUT2D eigenvalue weighted by Crippen LogP contribution is -2.21. The Balaban J connectivity index is 0.000000893. The minimum absolute atomic E-state index is 0.111. The molecule has 2 N–H and O–H groups in total. The third-order valence-corrected chi connectivity index (χ3v) is 5.72. The van der Waals surface area contributed by atoms with Gasteiger partial charge < -0.3 is 19.7 Å². The molecular formula is C31H52O6. The number of ether oxygens (including phenoxy) is 2. The van der Waals surface area contributed by atoms with Crippen LogP contribution in [0.1, 0.15) is 117 Å². The van der Waals surface area contributed by atoms with Gasteiger partial charge in [-0.15, -0.1) is 0 Å². The number of rotatable bonds is 21. The first-order chi connectivity index (χ1) is 18.0. The molecule has 0 radical (unpaired) electrons. The molecule has 0 saturated heterocycles. The maximum atomic E-state index is 11.4. The summed E-state index contributed by atoms with van der Waals surface area (Å²) in [6.45, 7) is 3.72. The highest BCUT2D eigenvalue weighted by Gasteiger charge is 2.07. The van der Waals surface area contributed by atoms with Crippen LogP contribution in [0.25, 0.3) is 0 Å². The predicted octanol–water partition coefficient (Wildman–Crippen LogP) is 7.31. The second-order valence-corrected chi connectivity index (χ2v) is 9.39. The Morgan fingerprint density at radius 2 is 1.32 bits per heavy atom. The Hall–Kier alpha value is -2.18. The molecule has 1 rings (SSSR count). The van der Waals surface area contributed by atoms with E-state index in [-0.39, 0.29) is 25.2 Å². The maximum absolute atomic E-state index is 11.4. The van der Waals surface area contributed by atoms with Crippen LogP contribution in [-0.2, 0) is 14.3 Å². The van der Waals surface area contributed by atoms with Crippen molar-refractivity contribution in [1.82, 2.24) is 0 Å². The molecule has 1 unspecified atom stereocenters. The first-order valence-electron chi connectivity index (χ1n) is 14.4. The van der Waals surface area contributed by atoms with Gasteiger partial charge in [0, 0.05) is 12.8 Å². The highest BCUT2D eigenvalue weighted by Crippen LogP contribution is 2.11. The molecule has 1 aromatic rings. The number of esters is 2. The van der Waals surface area contributed by atoms with E-state index in [0.717, 1.165) is 32.1 Å². The van der Waals surface area contributed by atoms with E-state index in [2.05, 4.69) is 19.1 Å². The van der Waals surface area contributed by atoms with Crippen LogP contribution in [0.3, 0.4) is 0 Å². The predicted molar refractivity (Wildman–Crippen MR) is 150 cm³/mol. The number of carbonyl (C=O) groups excluding carboxylic acids is 2. The largest absolute Gasteiger partial charge is 0.463 e. The standard InChI is InChI=1S/C21H40O4.C10H12O2/c1-2-3-4-5-6-7-8-9-10-11-12-13-14-15-16-17-21(24)25-19-20(23)18-22;1-2-6-10(11)12-9-7-4-3-5-8-9/h9-10,20,22-23H,2-8,11-19H2,1H3;3-5,7-8H,2,6H2,1H3/b10-9-;. The first-order valence-corrected chi connectivity index (χ1v) is 14.4. The molecule has 0 aliphatic carbocycles. The summed E-state index contributed by atoms with van der Waals surface area (Å²) >= 11 is 0. The highest BCUT2D eigenvalue weighted by molar-refractivity contribution is 5.72. The van der Waals surface area contributed by atoms with E-state index >= 15 is 0 Å². The number of allylic oxidation sites excluding steroid dienone is 2. The summed E-state index contributed by atoms with van der Waals surface area (Å²) in [6.07, 6.45) is 21.4. The average Bonchev–Trinajstić information content (AvgIpc) is 2.90. The van der Waals surface area contributed by atoms with Crippen LogP contribution in [0.2, 0.25) is 0 Å². The topological polar surface area (TPSA) is 93.1 Å². The number of benzene rings is 1. The number of hydrogen-bond acceptors (Lipinski definition) is 6. The third kappa shape index (κ3) is 25.3. The Morgan fingerprint density at radius 3 is 1.89 bits per heavy atom. The van der Waals surface area contributed by atoms with Crippen LogP contribution in [0, 0.1) is 0 Å². The van der Waals surface area contributed by atoms with Gasteiger partial charge in [0.25, 0.3) is 0 Å². The van der Waals surface area contributed by atoms with Gasteiger partial charge in [-0.3, -0.25) is 9.59 Å². The third-order valence-electron chi connectivity index (χ3n) is 5.72. The monoisotopic (exact) mass is 520 g/mol. The van der Waals surface area contributed by atoms with E-state index < -0.39 is 6.10 Å². The van der Waals surface area contributed by atoms with Gasteiger partial charge in [-0.1, -0.05) is 95.6 Å². The Labute approximate surface area is 225 Å². The Kier molecular flexibility index (Phi) is 25.3. The lowest BCUT2D eigenvalue weighted by Gasteiger charge is -2.08. The van der Waals surface area contributed by atoms with Crippen LogP contribution in [-0.4, -0.2) is 41.5 Å². The zero-order valence-corrected chi connectivity index (χ0v) is 23.4. The van der Waals surface area contributed by atoms with Crippen LogP contribution in [0.4, 0.5) is 0 Å². The second-order valence-electron chi connectivity index (χ2n) is 9.39. The van der Waals surface area contributed by atoms with Crippen LogP contribution >= 0.6 is 0 Å². The molecule has 0 amide bonds. The van der Waals surface area contributed by atoms with E-state index in [1.165, 1.54) is 57.8 Å². The zero-order chi connectivity index (χ0) is 27.4. The summed E-state index contributed by atoms with van der Waals surface area (Å²) in [5, 5.41) is 17.7. The maximum Gasteiger partial charge on any atom is 0.311 e. The summed E-state index contributed by atoms with van der Waals surface area (Å²) in [5.74, 6) is 0.171. The van der Waals surface area contributed by atoms with Crippen molar-refractivity contribution in [3.8, 4) is 5.75 Å². The summed E-state index contributed by atoms with van der Waals surface area (Å²) in [5.41, 5.74) is 0. The van der Waals surface area contributed by atoms with Crippen molar-refractivity contribution < 1.29 is 29.3 Å². The molecule has 0 heterocycles. The SMILES string of the molecule is CCCC(=O)Oc1ccccc1.CCCCCCCC/C=C\CCCCCCCC(=O)OCC(O)CO. The van der Waals surface area contributed by atoms with E-state index in [0.29, 0.717) is 18.6 Å². The number of aliphatic hydroxyl groups is 2. The van der Waals surface area contributed by atoms with E-state index in [9.17, 15) is 9.59 Å². The zero-order valence-electron chi connectivity index (χ0n) is 23.4. The van der Waals surface area contributed by atoms with Gasteiger partial charge in [0.15, 0.2) is 0 Å². The minimum atomic E-state index is -0.960. The van der Waals surface area contributed by atoms with Crippen molar-refractivity contribution in [3.63, 3.8) is 0 Å².